The summed E-state index contributed by atoms with van der Waals surface area (Å²) in [4.78, 5) is 5.05. The number of fused-ring (bicyclic) bond motifs is 1. The Kier molecular flexibility index (Phi) is 6.30. The van der Waals surface area contributed by atoms with Gasteiger partial charge >= 0.3 is 0 Å². The van der Waals surface area contributed by atoms with Crippen molar-refractivity contribution in [3.05, 3.63) is 39.7 Å². The van der Waals surface area contributed by atoms with E-state index in [-0.39, 0.29) is 10.8 Å². The van der Waals surface area contributed by atoms with Crippen molar-refractivity contribution in [2.24, 2.45) is 0 Å². The summed E-state index contributed by atoms with van der Waals surface area (Å²) in [6.45, 7) is 11.7. The van der Waals surface area contributed by atoms with Crippen molar-refractivity contribution in [3.8, 4) is 17.3 Å². The van der Waals surface area contributed by atoms with Crippen LogP contribution in [0.1, 0.15) is 102 Å². The summed E-state index contributed by atoms with van der Waals surface area (Å²) in [5, 5.41) is 12.3. The van der Waals surface area contributed by atoms with E-state index in [1.165, 1.54) is 34.5 Å². The minimum absolute atomic E-state index is 0.224. The van der Waals surface area contributed by atoms with Gasteiger partial charge in [-0.3, -0.25) is 0 Å². The zero-order chi connectivity index (χ0) is 20.4. The summed E-state index contributed by atoms with van der Waals surface area (Å²) < 4.78 is 0. The van der Waals surface area contributed by atoms with Crippen LogP contribution in [0.4, 0.5) is 0 Å². The minimum atomic E-state index is 0.224. The van der Waals surface area contributed by atoms with Crippen molar-refractivity contribution in [2.75, 3.05) is 0 Å². The molecule has 1 aliphatic carbocycles. The number of unbranched alkanes of at least 4 members (excludes halogenated alkanes) is 1. The molecule has 0 saturated heterocycles. The first kappa shape index (κ1) is 21.1. The van der Waals surface area contributed by atoms with Gasteiger partial charge in [0.2, 0.25) is 0 Å². The van der Waals surface area contributed by atoms with Crippen LogP contribution < -0.4 is 0 Å². The number of rotatable bonds is 7. The summed E-state index contributed by atoms with van der Waals surface area (Å²) in [5.74, 6) is 0.491. The zero-order valence-electron chi connectivity index (χ0n) is 18.1. The third-order valence-corrected chi connectivity index (χ3v) is 7.51. The quantitative estimate of drug-likeness (QED) is 0.450. The second-order valence-corrected chi connectivity index (χ2v) is 10.5. The average Bonchev–Trinajstić information content (AvgIpc) is 3.15. The summed E-state index contributed by atoms with van der Waals surface area (Å²) in [7, 11) is 0. The average molecular weight is 395 g/mol. The smallest absolute Gasteiger partial charge is 0.0963 e. The van der Waals surface area contributed by atoms with Gasteiger partial charge in [-0.15, -0.1) is 11.3 Å². The molecule has 28 heavy (non-hydrogen) atoms. The number of aromatic nitrogens is 1. The largest absolute Gasteiger partial charge is 0.241 e. The maximum Gasteiger partial charge on any atom is 0.0963 e. The predicted molar refractivity (Wildman–Crippen MR) is 120 cm³/mol. The Morgan fingerprint density at radius 1 is 1.11 bits per heavy atom. The lowest BCUT2D eigenvalue weighted by Gasteiger charge is -2.42. The molecular weight excluding hydrogens is 360 g/mol. The van der Waals surface area contributed by atoms with Gasteiger partial charge in [-0.2, -0.15) is 5.26 Å². The molecule has 1 aromatic carbocycles. The Labute approximate surface area is 175 Å². The van der Waals surface area contributed by atoms with Gasteiger partial charge in [0.1, 0.15) is 0 Å². The van der Waals surface area contributed by atoms with E-state index in [0.717, 1.165) is 31.4 Å². The van der Waals surface area contributed by atoms with Crippen molar-refractivity contribution in [1.82, 2.24) is 4.98 Å². The van der Waals surface area contributed by atoms with E-state index in [0.29, 0.717) is 12.3 Å². The lowest BCUT2D eigenvalue weighted by atomic mass is 9.63. The second-order valence-electron chi connectivity index (χ2n) is 9.64. The normalized spacial score (nSPS) is 18.3. The molecule has 0 fully saturated rings. The maximum atomic E-state index is 8.85. The first-order chi connectivity index (χ1) is 13.3. The molecule has 3 heteroatoms. The highest BCUT2D eigenvalue weighted by molar-refractivity contribution is 7.10. The van der Waals surface area contributed by atoms with Crippen molar-refractivity contribution in [3.63, 3.8) is 0 Å². The summed E-state index contributed by atoms with van der Waals surface area (Å²) >= 11 is 1.79. The molecular formula is C25H34N2S. The highest BCUT2D eigenvalue weighted by atomic mass is 32.1. The molecule has 2 nitrogen and oxygen atoms in total. The van der Waals surface area contributed by atoms with Crippen LogP contribution in [0.5, 0.6) is 0 Å². The molecule has 0 amide bonds. The highest BCUT2D eigenvalue weighted by Crippen LogP contribution is 2.47. The standard InChI is InChI=1S/C25H34N2S/c1-6-9-18(10-7-8-15-26)23-27-22(17-28-23)19-11-12-20-21(16-19)25(4,5)14-13-24(20,2)3/h11-12,16-18H,6-10,13-14H2,1-5H3. The van der Waals surface area contributed by atoms with E-state index >= 15 is 0 Å². The van der Waals surface area contributed by atoms with E-state index < -0.39 is 0 Å². The number of nitrogens with zero attached hydrogens (tertiary/aromatic N) is 2. The summed E-state index contributed by atoms with van der Waals surface area (Å²) in [6, 6.07) is 9.29. The minimum Gasteiger partial charge on any atom is -0.241 e. The third kappa shape index (κ3) is 4.33. The fourth-order valence-corrected chi connectivity index (χ4v) is 5.52. The fraction of sp³-hybridized carbons (Fsp3) is 0.600. The lowest BCUT2D eigenvalue weighted by molar-refractivity contribution is 0.332. The molecule has 0 radical (unpaired) electrons. The SMILES string of the molecule is CCCC(CCCC#N)c1nc(-c2ccc3c(c2)C(C)(C)CCC3(C)C)cs1. The molecule has 1 aromatic heterocycles. The van der Waals surface area contributed by atoms with Crippen LogP contribution in [0.2, 0.25) is 0 Å². The lowest BCUT2D eigenvalue weighted by Crippen LogP contribution is -2.33. The first-order valence-electron chi connectivity index (χ1n) is 10.8. The van der Waals surface area contributed by atoms with Gasteiger partial charge in [0.25, 0.3) is 0 Å². The van der Waals surface area contributed by atoms with Crippen LogP contribution >= 0.6 is 11.3 Å². The van der Waals surface area contributed by atoms with Gasteiger partial charge in [0.15, 0.2) is 0 Å². The summed E-state index contributed by atoms with van der Waals surface area (Å²) in [5.41, 5.74) is 5.84. The molecule has 1 atom stereocenters. The van der Waals surface area contributed by atoms with Crippen molar-refractivity contribution in [1.29, 1.82) is 5.26 Å². The molecule has 0 aliphatic heterocycles. The van der Waals surface area contributed by atoms with E-state index in [4.69, 9.17) is 10.2 Å². The zero-order valence-corrected chi connectivity index (χ0v) is 19.0. The van der Waals surface area contributed by atoms with Crippen molar-refractivity contribution in [2.45, 2.75) is 96.3 Å². The number of hydrogen-bond acceptors (Lipinski definition) is 3. The molecule has 0 bridgehead atoms. The second kappa shape index (κ2) is 8.37. The van der Waals surface area contributed by atoms with E-state index in [2.05, 4.69) is 64.3 Å². The number of thiazole rings is 1. The van der Waals surface area contributed by atoms with E-state index in [9.17, 15) is 0 Å². The number of nitriles is 1. The van der Waals surface area contributed by atoms with Gasteiger partial charge in [-0.25, -0.2) is 4.98 Å². The van der Waals surface area contributed by atoms with Gasteiger partial charge in [-0.1, -0.05) is 53.2 Å². The van der Waals surface area contributed by atoms with Crippen LogP contribution in [0, 0.1) is 11.3 Å². The molecule has 3 rings (SSSR count). The first-order valence-corrected chi connectivity index (χ1v) is 11.6. The van der Waals surface area contributed by atoms with Crippen LogP contribution in [0.25, 0.3) is 11.3 Å². The molecule has 0 saturated carbocycles. The molecule has 1 aliphatic rings. The molecule has 1 heterocycles. The molecule has 1 unspecified atom stereocenters. The topological polar surface area (TPSA) is 36.7 Å². The van der Waals surface area contributed by atoms with Crippen LogP contribution in [-0.4, -0.2) is 4.98 Å². The highest BCUT2D eigenvalue weighted by Gasteiger charge is 2.37. The molecule has 0 N–H and O–H groups in total. The molecule has 150 valence electrons. The van der Waals surface area contributed by atoms with Gasteiger partial charge in [0, 0.05) is 23.3 Å². The monoisotopic (exact) mass is 394 g/mol. The maximum absolute atomic E-state index is 8.85. The number of benzene rings is 1. The van der Waals surface area contributed by atoms with E-state index in [1.54, 1.807) is 11.3 Å². The van der Waals surface area contributed by atoms with Crippen LogP contribution in [0.15, 0.2) is 23.6 Å². The Bertz CT molecular complexity index is 854. The van der Waals surface area contributed by atoms with Crippen molar-refractivity contribution >= 4 is 11.3 Å². The van der Waals surface area contributed by atoms with Crippen LogP contribution in [0.3, 0.4) is 0 Å². The molecule has 2 aromatic rings. The van der Waals surface area contributed by atoms with Crippen molar-refractivity contribution < 1.29 is 0 Å². The Morgan fingerprint density at radius 3 is 2.50 bits per heavy atom. The van der Waals surface area contributed by atoms with Gasteiger partial charge in [0.05, 0.1) is 16.8 Å². The fourth-order valence-electron chi connectivity index (χ4n) is 4.52. The van der Waals surface area contributed by atoms with Gasteiger partial charge < -0.3 is 0 Å². The van der Waals surface area contributed by atoms with Crippen LogP contribution in [-0.2, 0) is 10.8 Å². The summed E-state index contributed by atoms with van der Waals surface area (Å²) in [6.07, 6.45) is 7.48. The number of hydrogen-bond donors (Lipinski definition) is 0. The predicted octanol–water partition coefficient (Wildman–Crippen LogP) is 7.74. The third-order valence-electron chi connectivity index (χ3n) is 6.50. The van der Waals surface area contributed by atoms with E-state index in [1.807, 2.05) is 0 Å². The molecule has 0 spiro atoms. The van der Waals surface area contributed by atoms with Gasteiger partial charge in [-0.05, 0) is 60.1 Å². The Morgan fingerprint density at radius 2 is 1.82 bits per heavy atom. The Balaban J connectivity index is 1.90. The Hall–Kier alpha value is -1.66.